The van der Waals surface area contributed by atoms with Crippen LogP contribution in [0.25, 0.3) is 0 Å². The van der Waals surface area contributed by atoms with Gasteiger partial charge in [-0.3, -0.25) is 0 Å². The Balaban J connectivity index is 1.31. The van der Waals surface area contributed by atoms with E-state index in [0.717, 1.165) is 38.3 Å². The molecule has 0 aromatic heterocycles. The van der Waals surface area contributed by atoms with Gasteiger partial charge in [0.2, 0.25) is 0 Å². The number of carbonyl (C=O) groups is 1. The Bertz CT molecular complexity index is 806. The number of hydrogen-bond acceptors (Lipinski definition) is 3. The van der Waals surface area contributed by atoms with E-state index in [1.165, 1.54) is 49.3 Å². The number of nitrogens with zero attached hydrogens (tertiary/aromatic N) is 3. The number of piperazine rings is 1. The van der Waals surface area contributed by atoms with Crippen LogP contribution in [0, 0.1) is 0 Å². The molecule has 0 spiro atoms. The summed E-state index contributed by atoms with van der Waals surface area (Å²) in [5.74, 6) is 0. The highest BCUT2D eigenvalue weighted by molar-refractivity contribution is 5.90. The molecule has 0 bridgehead atoms. The van der Waals surface area contributed by atoms with Gasteiger partial charge in [0.1, 0.15) is 0 Å². The molecule has 2 heterocycles. The van der Waals surface area contributed by atoms with Crippen LogP contribution in [-0.4, -0.2) is 50.2 Å². The predicted molar refractivity (Wildman–Crippen MR) is 121 cm³/mol. The highest BCUT2D eigenvalue weighted by Gasteiger charge is 2.22. The first kappa shape index (κ1) is 19.6. The fourth-order valence-electron chi connectivity index (χ4n) is 4.34. The maximum Gasteiger partial charge on any atom is 0.321 e. The fraction of sp³-hybridized carbons (Fsp3) is 0.458. The first-order valence-corrected chi connectivity index (χ1v) is 11.0. The molecule has 0 unspecified atom stereocenters. The van der Waals surface area contributed by atoms with Crippen LogP contribution in [0.5, 0.6) is 0 Å². The average molecular weight is 393 g/mol. The zero-order valence-corrected chi connectivity index (χ0v) is 17.4. The summed E-state index contributed by atoms with van der Waals surface area (Å²) in [5, 5.41) is 3.09. The Hall–Kier alpha value is -2.69. The van der Waals surface area contributed by atoms with E-state index < -0.39 is 0 Å². The number of amides is 2. The molecule has 2 aromatic rings. The topological polar surface area (TPSA) is 38.8 Å². The van der Waals surface area contributed by atoms with Gasteiger partial charge < -0.3 is 20.0 Å². The van der Waals surface area contributed by atoms with Gasteiger partial charge in [0.05, 0.1) is 0 Å². The van der Waals surface area contributed by atoms with Gasteiger partial charge >= 0.3 is 6.03 Å². The maximum atomic E-state index is 12.7. The van der Waals surface area contributed by atoms with Crippen LogP contribution < -0.4 is 15.1 Å². The molecule has 2 aromatic carbocycles. The SMILES string of the molecule is CCc1ccccc1NC(=O)N1CCN(c2ccc(N3CCCCC3)cc2)CC1. The number of nitrogens with one attached hydrogen (secondary N) is 1. The number of urea groups is 1. The second-order valence-electron chi connectivity index (χ2n) is 7.98. The van der Waals surface area contributed by atoms with Crippen molar-refractivity contribution >= 4 is 23.1 Å². The largest absolute Gasteiger partial charge is 0.372 e. The van der Waals surface area contributed by atoms with Gasteiger partial charge in [0.15, 0.2) is 0 Å². The van der Waals surface area contributed by atoms with Crippen LogP contribution >= 0.6 is 0 Å². The number of benzene rings is 2. The van der Waals surface area contributed by atoms with E-state index in [0.29, 0.717) is 0 Å². The van der Waals surface area contributed by atoms with Crippen molar-refractivity contribution in [2.45, 2.75) is 32.6 Å². The van der Waals surface area contributed by atoms with Gasteiger partial charge in [0, 0.05) is 56.3 Å². The second kappa shape index (κ2) is 9.21. The van der Waals surface area contributed by atoms with Crippen molar-refractivity contribution in [3.05, 3.63) is 54.1 Å². The first-order valence-electron chi connectivity index (χ1n) is 11.0. The first-order chi connectivity index (χ1) is 14.2. The lowest BCUT2D eigenvalue weighted by Gasteiger charge is -2.36. The molecule has 2 saturated heterocycles. The van der Waals surface area contributed by atoms with Crippen LogP contribution in [0.15, 0.2) is 48.5 Å². The molecule has 0 radical (unpaired) electrons. The molecule has 5 heteroatoms. The number of anilines is 3. The molecule has 2 aliphatic heterocycles. The van der Waals surface area contributed by atoms with E-state index in [9.17, 15) is 4.79 Å². The smallest absolute Gasteiger partial charge is 0.321 e. The number of carbonyl (C=O) groups excluding carboxylic acids is 1. The fourth-order valence-corrected chi connectivity index (χ4v) is 4.34. The standard InChI is InChI=1S/C24H32N4O/c1-2-20-8-4-5-9-23(20)25-24(29)28-18-16-27(17-19-28)22-12-10-21(11-13-22)26-14-6-3-7-15-26/h4-5,8-13H,2-3,6-7,14-19H2,1H3,(H,25,29). The number of hydrogen-bond donors (Lipinski definition) is 1. The third-order valence-electron chi connectivity index (χ3n) is 6.14. The second-order valence-corrected chi connectivity index (χ2v) is 7.98. The molecular weight excluding hydrogens is 360 g/mol. The van der Waals surface area contributed by atoms with Crippen molar-refractivity contribution < 1.29 is 4.79 Å². The lowest BCUT2D eigenvalue weighted by atomic mass is 10.1. The molecule has 2 fully saturated rings. The van der Waals surface area contributed by atoms with E-state index in [-0.39, 0.29) is 6.03 Å². The van der Waals surface area contributed by atoms with Gasteiger partial charge in [-0.1, -0.05) is 25.1 Å². The molecule has 1 N–H and O–H groups in total. The van der Waals surface area contributed by atoms with Crippen molar-refractivity contribution in [2.24, 2.45) is 0 Å². The lowest BCUT2D eigenvalue weighted by Crippen LogP contribution is -2.50. The quantitative estimate of drug-likeness (QED) is 0.827. The van der Waals surface area contributed by atoms with Gasteiger partial charge in [-0.25, -0.2) is 4.79 Å². The summed E-state index contributed by atoms with van der Waals surface area (Å²) in [7, 11) is 0. The predicted octanol–water partition coefficient (Wildman–Crippen LogP) is 4.59. The van der Waals surface area contributed by atoms with Crippen LogP contribution in [0.1, 0.15) is 31.7 Å². The molecule has 2 amide bonds. The van der Waals surface area contributed by atoms with Crippen molar-refractivity contribution in [3.8, 4) is 0 Å². The van der Waals surface area contributed by atoms with Gasteiger partial charge in [-0.05, 0) is 61.6 Å². The summed E-state index contributed by atoms with van der Waals surface area (Å²) >= 11 is 0. The van der Waals surface area contributed by atoms with Crippen molar-refractivity contribution in [1.29, 1.82) is 0 Å². The average Bonchev–Trinajstić information content (AvgIpc) is 2.80. The number of para-hydroxylation sites is 1. The van der Waals surface area contributed by atoms with E-state index in [1.54, 1.807) is 0 Å². The molecule has 154 valence electrons. The molecule has 5 nitrogen and oxygen atoms in total. The number of aryl methyl sites for hydroxylation is 1. The van der Waals surface area contributed by atoms with Crippen LogP contribution in [0.3, 0.4) is 0 Å². The normalized spacial score (nSPS) is 17.3. The molecule has 29 heavy (non-hydrogen) atoms. The highest BCUT2D eigenvalue weighted by Crippen LogP contribution is 2.24. The van der Waals surface area contributed by atoms with Crippen molar-refractivity contribution in [3.63, 3.8) is 0 Å². The van der Waals surface area contributed by atoms with Gasteiger partial charge in [-0.15, -0.1) is 0 Å². The van der Waals surface area contributed by atoms with Gasteiger partial charge in [-0.2, -0.15) is 0 Å². The number of rotatable bonds is 4. The third kappa shape index (κ3) is 4.66. The zero-order chi connectivity index (χ0) is 20.1. The summed E-state index contributed by atoms with van der Waals surface area (Å²) in [6.45, 7) is 7.68. The minimum Gasteiger partial charge on any atom is -0.372 e. The maximum absolute atomic E-state index is 12.7. The number of piperidine rings is 1. The Morgan fingerprint density at radius 3 is 2.00 bits per heavy atom. The summed E-state index contributed by atoms with van der Waals surface area (Å²) in [5.41, 5.74) is 4.69. The van der Waals surface area contributed by atoms with Crippen molar-refractivity contribution in [2.75, 3.05) is 54.4 Å². The molecule has 2 aliphatic rings. The zero-order valence-electron chi connectivity index (χ0n) is 17.4. The molecule has 0 aliphatic carbocycles. The van der Waals surface area contributed by atoms with Crippen LogP contribution in [0.4, 0.5) is 21.9 Å². The summed E-state index contributed by atoms with van der Waals surface area (Å²) in [4.78, 5) is 19.5. The van der Waals surface area contributed by atoms with E-state index in [4.69, 9.17) is 0 Å². The molecule has 4 rings (SSSR count). The lowest BCUT2D eigenvalue weighted by molar-refractivity contribution is 0.208. The summed E-state index contributed by atoms with van der Waals surface area (Å²) < 4.78 is 0. The summed E-state index contributed by atoms with van der Waals surface area (Å²) in [6.07, 6.45) is 4.87. The minimum atomic E-state index is 0.00555. The van der Waals surface area contributed by atoms with E-state index >= 15 is 0 Å². The van der Waals surface area contributed by atoms with Crippen LogP contribution in [-0.2, 0) is 6.42 Å². The van der Waals surface area contributed by atoms with Crippen molar-refractivity contribution in [1.82, 2.24) is 4.90 Å². The van der Waals surface area contributed by atoms with Gasteiger partial charge in [0.25, 0.3) is 0 Å². The molecule has 0 saturated carbocycles. The Kier molecular flexibility index (Phi) is 6.23. The third-order valence-corrected chi connectivity index (χ3v) is 6.14. The Morgan fingerprint density at radius 2 is 1.38 bits per heavy atom. The minimum absolute atomic E-state index is 0.00555. The molecule has 0 atom stereocenters. The monoisotopic (exact) mass is 392 g/mol. The van der Waals surface area contributed by atoms with E-state index in [2.05, 4.69) is 52.4 Å². The highest BCUT2D eigenvalue weighted by atomic mass is 16.2. The molecular formula is C24H32N4O. The Morgan fingerprint density at radius 1 is 0.793 bits per heavy atom. The summed E-state index contributed by atoms with van der Waals surface area (Å²) in [6, 6.07) is 17.0. The van der Waals surface area contributed by atoms with E-state index in [1.807, 2.05) is 23.1 Å². The van der Waals surface area contributed by atoms with Crippen LogP contribution in [0.2, 0.25) is 0 Å². The Labute approximate surface area is 174 Å².